The van der Waals surface area contributed by atoms with E-state index in [1.807, 2.05) is 0 Å². The average Bonchev–Trinajstić information content (AvgIpc) is 3.07. The molecule has 25 heavy (non-hydrogen) atoms. The Labute approximate surface area is 153 Å². The number of anilines is 2. The summed E-state index contributed by atoms with van der Waals surface area (Å²) in [7, 11) is 0. The number of benzene rings is 1. The summed E-state index contributed by atoms with van der Waals surface area (Å²) in [4.78, 5) is 16.5. The quantitative estimate of drug-likeness (QED) is 0.707. The van der Waals surface area contributed by atoms with Gasteiger partial charge in [-0.05, 0) is 43.5 Å². The van der Waals surface area contributed by atoms with Gasteiger partial charge in [-0.2, -0.15) is 0 Å². The minimum Gasteiger partial charge on any atom is -0.368 e. The first-order valence-corrected chi connectivity index (χ1v) is 9.78. The van der Waals surface area contributed by atoms with Crippen molar-refractivity contribution in [3.8, 4) is 0 Å². The van der Waals surface area contributed by atoms with Crippen LogP contribution in [0.4, 0.5) is 11.5 Å². The van der Waals surface area contributed by atoms with Gasteiger partial charge in [0.2, 0.25) is 0 Å². The summed E-state index contributed by atoms with van der Waals surface area (Å²) in [5, 5.41) is 1.21. The summed E-state index contributed by atoms with van der Waals surface area (Å²) in [5.41, 5.74) is 4.13. The van der Waals surface area contributed by atoms with E-state index in [0.29, 0.717) is 0 Å². The van der Waals surface area contributed by atoms with Crippen LogP contribution in [0.5, 0.6) is 0 Å². The van der Waals surface area contributed by atoms with Crippen molar-refractivity contribution in [2.45, 2.75) is 27.2 Å². The van der Waals surface area contributed by atoms with Crippen LogP contribution in [0.1, 0.15) is 22.9 Å². The molecule has 1 aromatic carbocycles. The molecule has 0 N–H and O–H groups in total. The molecule has 1 saturated heterocycles. The van der Waals surface area contributed by atoms with E-state index in [9.17, 15) is 0 Å². The Morgan fingerprint density at radius 1 is 1.04 bits per heavy atom. The molecule has 1 fully saturated rings. The number of aryl methyl sites for hydroxylation is 2. The first kappa shape index (κ1) is 16.3. The van der Waals surface area contributed by atoms with E-state index in [-0.39, 0.29) is 0 Å². The Kier molecular flexibility index (Phi) is 4.34. The van der Waals surface area contributed by atoms with Crippen LogP contribution in [0.3, 0.4) is 0 Å². The van der Waals surface area contributed by atoms with Crippen molar-refractivity contribution in [2.24, 2.45) is 0 Å². The largest absolute Gasteiger partial charge is 0.368 e. The summed E-state index contributed by atoms with van der Waals surface area (Å²) in [6.45, 7) is 10.7. The highest BCUT2D eigenvalue weighted by molar-refractivity contribution is 7.18. The van der Waals surface area contributed by atoms with Gasteiger partial charge in [0.1, 0.15) is 17.0 Å². The Hall–Kier alpha value is -2.14. The van der Waals surface area contributed by atoms with Crippen molar-refractivity contribution in [3.63, 3.8) is 0 Å². The first-order chi connectivity index (χ1) is 12.2. The third-order valence-electron chi connectivity index (χ3n) is 5.20. The number of thiophene rings is 1. The van der Waals surface area contributed by atoms with E-state index < -0.39 is 0 Å². The number of hydrogen-bond donors (Lipinski definition) is 0. The van der Waals surface area contributed by atoms with Crippen molar-refractivity contribution in [3.05, 3.63) is 46.6 Å². The molecule has 0 radical (unpaired) electrons. The van der Waals surface area contributed by atoms with Crippen molar-refractivity contribution < 1.29 is 0 Å². The third-order valence-corrected chi connectivity index (χ3v) is 6.39. The summed E-state index contributed by atoms with van der Waals surface area (Å²) in [5.74, 6) is 1.10. The van der Waals surface area contributed by atoms with Crippen molar-refractivity contribution in [2.75, 3.05) is 36.0 Å². The van der Waals surface area contributed by atoms with Crippen LogP contribution in [-0.2, 0) is 6.42 Å². The molecule has 0 bridgehead atoms. The van der Waals surface area contributed by atoms with Gasteiger partial charge in [-0.25, -0.2) is 9.97 Å². The molecule has 3 aromatic rings. The van der Waals surface area contributed by atoms with Crippen LogP contribution in [0.25, 0.3) is 10.2 Å². The molecule has 130 valence electrons. The van der Waals surface area contributed by atoms with E-state index in [4.69, 9.17) is 0 Å². The van der Waals surface area contributed by atoms with Crippen molar-refractivity contribution >= 4 is 33.1 Å². The fourth-order valence-corrected chi connectivity index (χ4v) is 4.49. The van der Waals surface area contributed by atoms with E-state index >= 15 is 0 Å². The van der Waals surface area contributed by atoms with Crippen LogP contribution in [0.15, 0.2) is 30.6 Å². The first-order valence-electron chi connectivity index (χ1n) is 8.97. The summed E-state index contributed by atoms with van der Waals surface area (Å²) in [6.07, 6.45) is 2.77. The monoisotopic (exact) mass is 352 g/mol. The van der Waals surface area contributed by atoms with Gasteiger partial charge in [0.25, 0.3) is 0 Å². The molecule has 1 aliphatic rings. The maximum Gasteiger partial charge on any atom is 0.140 e. The smallest absolute Gasteiger partial charge is 0.140 e. The summed E-state index contributed by atoms with van der Waals surface area (Å²) in [6, 6.07) is 8.87. The van der Waals surface area contributed by atoms with Crippen LogP contribution >= 0.6 is 11.3 Å². The van der Waals surface area contributed by atoms with Gasteiger partial charge < -0.3 is 9.80 Å². The normalized spacial score (nSPS) is 15.2. The molecule has 0 aliphatic carbocycles. The zero-order valence-electron chi connectivity index (χ0n) is 15.1. The fourth-order valence-electron chi connectivity index (χ4n) is 3.56. The number of aromatic nitrogens is 2. The number of rotatable bonds is 3. The van der Waals surface area contributed by atoms with Gasteiger partial charge in [-0.1, -0.05) is 19.1 Å². The molecule has 0 amide bonds. The minimum absolute atomic E-state index is 0.997. The van der Waals surface area contributed by atoms with E-state index in [1.165, 1.54) is 27.1 Å². The standard InChI is InChI=1S/C20H24N4S/c1-4-16-12-17-19(21-13-22-20(17)25-16)24-10-8-23(9-11-24)18-7-5-6-14(2)15(18)3/h5-7,12-13H,4,8-11H2,1-3H3. The van der Waals surface area contributed by atoms with Crippen LogP contribution in [0.2, 0.25) is 0 Å². The van der Waals surface area contributed by atoms with Gasteiger partial charge in [0.15, 0.2) is 0 Å². The Morgan fingerprint density at radius 2 is 1.80 bits per heavy atom. The number of nitrogens with zero attached hydrogens (tertiary/aromatic N) is 4. The highest BCUT2D eigenvalue weighted by Gasteiger charge is 2.22. The lowest BCUT2D eigenvalue weighted by Crippen LogP contribution is -2.47. The summed E-state index contributed by atoms with van der Waals surface area (Å²) >= 11 is 1.79. The van der Waals surface area contributed by atoms with E-state index in [1.54, 1.807) is 17.7 Å². The molecule has 0 atom stereocenters. The second kappa shape index (κ2) is 6.64. The lowest BCUT2D eigenvalue weighted by Gasteiger charge is -2.37. The number of fused-ring (bicyclic) bond motifs is 1. The maximum absolute atomic E-state index is 4.61. The predicted molar refractivity (Wildman–Crippen MR) is 107 cm³/mol. The highest BCUT2D eigenvalue weighted by atomic mass is 32.1. The highest BCUT2D eigenvalue weighted by Crippen LogP contribution is 2.32. The second-order valence-electron chi connectivity index (χ2n) is 6.68. The number of hydrogen-bond acceptors (Lipinski definition) is 5. The maximum atomic E-state index is 4.61. The van der Waals surface area contributed by atoms with Gasteiger partial charge in [0, 0.05) is 36.7 Å². The molecule has 0 unspecified atom stereocenters. The lowest BCUT2D eigenvalue weighted by atomic mass is 10.1. The minimum atomic E-state index is 0.997. The van der Waals surface area contributed by atoms with Gasteiger partial charge in [0.05, 0.1) is 5.39 Å². The molecule has 2 aromatic heterocycles. The predicted octanol–water partition coefficient (Wildman–Crippen LogP) is 4.20. The Bertz CT molecular complexity index is 894. The zero-order valence-corrected chi connectivity index (χ0v) is 15.9. The number of piperazine rings is 1. The van der Waals surface area contributed by atoms with E-state index in [0.717, 1.165) is 43.2 Å². The molecule has 4 rings (SSSR count). The zero-order chi connectivity index (χ0) is 17.4. The summed E-state index contributed by atoms with van der Waals surface area (Å²) < 4.78 is 0. The van der Waals surface area contributed by atoms with Gasteiger partial charge >= 0.3 is 0 Å². The van der Waals surface area contributed by atoms with Gasteiger partial charge in [-0.3, -0.25) is 0 Å². The van der Waals surface area contributed by atoms with Crippen LogP contribution in [-0.4, -0.2) is 36.1 Å². The topological polar surface area (TPSA) is 32.3 Å². The lowest BCUT2D eigenvalue weighted by molar-refractivity contribution is 0.647. The fraction of sp³-hybridized carbons (Fsp3) is 0.400. The molecule has 5 heteroatoms. The van der Waals surface area contributed by atoms with Crippen LogP contribution in [0, 0.1) is 13.8 Å². The van der Waals surface area contributed by atoms with Crippen LogP contribution < -0.4 is 9.80 Å². The van der Waals surface area contributed by atoms with Crippen molar-refractivity contribution in [1.82, 2.24) is 9.97 Å². The third kappa shape index (κ3) is 2.97. The molecule has 1 aliphatic heterocycles. The molecule has 0 saturated carbocycles. The second-order valence-corrected chi connectivity index (χ2v) is 7.79. The molecular weight excluding hydrogens is 328 g/mol. The SMILES string of the molecule is CCc1cc2c(N3CCN(c4cccc(C)c4C)CC3)ncnc2s1. The molecular formula is C20H24N4S. The molecule has 3 heterocycles. The molecule has 4 nitrogen and oxygen atoms in total. The Morgan fingerprint density at radius 3 is 2.56 bits per heavy atom. The molecule has 0 spiro atoms. The van der Waals surface area contributed by atoms with E-state index in [2.05, 4.69) is 64.8 Å². The van der Waals surface area contributed by atoms with Gasteiger partial charge in [-0.15, -0.1) is 11.3 Å². The average molecular weight is 353 g/mol. The van der Waals surface area contributed by atoms with Crippen molar-refractivity contribution in [1.29, 1.82) is 0 Å². The Balaban J connectivity index is 1.56.